The van der Waals surface area contributed by atoms with Gasteiger partial charge in [0.25, 0.3) is 5.91 Å². The molecule has 0 spiro atoms. The largest absolute Gasteiger partial charge is 0.353 e. The van der Waals surface area contributed by atoms with Crippen LogP contribution in [0.15, 0.2) is 54.7 Å². The minimum atomic E-state index is -0.300. The molecule has 0 saturated carbocycles. The number of benzene rings is 1. The number of aromatic nitrogens is 3. The summed E-state index contributed by atoms with van der Waals surface area (Å²) in [5.41, 5.74) is 1.97. The first-order valence-electron chi connectivity index (χ1n) is 8.90. The van der Waals surface area contributed by atoms with E-state index >= 15 is 0 Å². The molecule has 1 amide bonds. The SMILES string of the molecule is Cc1cc(C(=O)N2CCN(c3ccccn3)CC2)nn1-c1ccc(F)cc1. The molecule has 6 nitrogen and oxygen atoms in total. The summed E-state index contributed by atoms with van der Waals surface area (Å²) in [6.45, 7) is 4.60. The molecule has 1 aromatic carbocycles. The summed E-state index contributed by atoms with van der Waals surface area (Å²) in [5, 5.41) is 4.44. The second-order valence-electron chi connectivity index (χ2n) is 6.53. The maximum atomic E-state index is 13.1. The predicted octanol–water partition coefficient (Wildman–Crippen LogP) is 2.68. The first-order valence-corrected chi connectivity index (χ1v) is 8.90. The van der Waals surface area contributed by atoms with Crippen LogP contribution in [0.4, 0.5) is 10.2 Å². The number of piperazine rings is 1. The third-order valence-electron chi connectivity index (χ3n) is 4.72. The van der Waals surface area contributed by atoms with Crippen molar-refractivity contribution in [2.75, 3.05) is 31.1 Å². The van der Waals surface area contributed by atoms with Gasteiger partial charge in [-0.25, -0.2) is 14.1 Å². The lowest BCUT2D eigenvalue weighted by Crippen LogP contribution is -2.49. The van der Waals surface area contributed by atoms with Crippen molar-refractivity contribution in [1.29, 1.82) is 0 Å². The molecule has 1 fully saturated rings. The van der Waals surface area contributed by atoms with Crippen LogP contribution in [0.3, 0.4) is 0 Å². The third kappa shape index (κ3) is 3.53. The van der Waals surface area contributed by atoms with Gasteiger partial charge in [-0.15, -0.1) is 0 Å². The van der Waals surface area contributed by atoms with Gasteiger partial charge in [-0.2, -0.15) is 5.10 Å². The van der Waals surface area contributed by atoms with Gasteiger partial charge in [-0.05, 0) is 49.4 Å². The molecule has 0 radical (unpaired) electrons. The van der Waals surface area contributed by atoms with E-state index in [2.05, 4.69) is 15.0 Å². The highest BCUT2D eigenvalue weighted by molar-refractivity contribution is 5.92. The molecule has 0 bridgehead atoms. The summed E-state index contributed by atoms with van der Waals surface area (Å²) in [5.74, 6) is 0.547. The Hall–Kier alpha value is -3.22. The lowest BCUT2D eigenvalue weighted by Gasteiger charge is -2.35. The Labute approximate surface area is 156 Å². The fraction of sp³-hybridized carbons (Fsp3) is 0.250. The van der Waals surface area contributed by atoms with Gasteiger partial charge in [0, 0.05) is 38.1 Å². The maximum Gasteiger partial charge on any atom is 0.274 e. The Bertz CT molecular complexity index is 931. The van der Waals surface area contributed by atoms with Crippen LogP contribution in [0.25, 0.3) is 5.69 Å². The molecule has 138 valence electrons. The van der Waals surface area contributed by atoms with Crippen molar-refractivity contribution in [2.24, 2.45) is 0 Å². The molecule has 1 saturated heterocycles. The molecule has 1 aliphatic heterocycles. The summed E-state index contributed by atoms with van der Waals surface area (Å²) >= 11 is 0. The van der Waals surface area contributed by atoms with Gasteiger partial charge < -0.3 is 9.80 Å². The molecule has 0 atom stereocenters. The van der Waals surface area contributed by atoms with E-state index in [1.54, 1.807) is 29.1 Å². The molecule has 7 heteroatoms. The highest BCUT2D eigenvalue weighted by Crippen LogP contribution is 2.17. The summed E-state index contributed by atoms with van der Waals surface area (Å²) in [7, 11) is 0. The van der Waals surface area contributed by atoms with E-state index in [1.807, 2.05) is 30.0 Å². The van der Waals surface area contributed by atoms with E-state index < -0.39 is 0 Å². The number of nitrogens with zero attached hydrogens (tertiary/aromatic N) is 5. The number of anilines is 1. The van der Waals surface area contributed by atoms with Crippen molar-refractivity contribution < 1.29 is 9.18 Å². The number of carbonyl (C=O) groups excluding carboxylic acids is 1. The second kappa shape index (κ2) is 7.19. The topological polar surface area (TPSA) is 54.3 Å². The summed E-state index contributed by atoms with van der Waals surface area (Å²) in [6.07, 6.45) is 1.78. The number of rotatable bonds is 3. The lowest BCUT2D eigenvalue weighted by molar-refractivity contribution is 0.0740. The maximum absolute atomic E-state index is 13.1. The van der Waals surface area contributed by atoms with E-state index in [0.717, 1.165) is 30.3 Å². The molecular formula is C20H20FN5O. The minimum absolute atomic E-state index is 0.0837. The average molecular weight is 365 g/mol. The first-order chi connectivity index (χ1) is 13.1. The Morgan fingerprint density at radius 2 is 1.78 bits per heavy atom. The van der Waals surface area contributed by atoms with Crippen molar-refractivity contribution in [3.05, 3.63) is 71.9 Å². The van der Waals surface area contributed by atoms with E-state index in [9.17, 15) is 9.18 Å². The number of halogens is 1. The van der Waals surface area contributed by atoms with Crippen molar-refractivity contribution in [3.8, 4) is 5.69 Å². The summed E-state index contributed by atoms with van der Waals surface area (Å²) in [4.78, 5) is 21.2. The summed E-state index contributed by atoms with van der Waals surface area (Å²) in [6, 6.07) is 13.7. The number of amides is 1. The fourth-order valence-corrected chi connectivity index (χ4v) is 3.26. The van der Waals surface area contributed by atoms with Crippen LogP contribution in [0, 0.1) is 12.7 Å². The third-order valence-corrected chi connectivity index (χ3v) is 4.72. The molecule has 0 aliphatic carbocycles. The summed E-state index contributed by atoms with van der Waals surface area (Å²) < 4.78 is 14.8. The van der Waals surface area contributed by atoms with Crippen LogP contribution in [0.1, 0.15) is 16.2 Å². The zero-order valence-corrected chi connectivity index (χ0v) is 15.0. The average Bonchev–Trinajstić information content (AvgIpc) is 3.10. The number of hydrogen-bond donors (Lipinski definition) is 0. The standard InChI is InChI=1S/C20H20FN5O/c1-15-14-18(23-26(15)17-7-5-16(21)6-8-17)20(27)25-12-10-24(11-13-25)19-4-2-3-9-22-19/h2-9,14H,10-13H2,1H3. The molecule has 2 aromatic heterocycles. The first kappa shape index (κ1) is 17.2. The molecule has 0 N–H and O–H groups in total. The minimum Gasteiger partial charge on any atom is -0.353 e. The van der Waals surface area contributed by atoms with Gasteiger partial charge in [0.15, 0.2) is 5.69 Å². The van der Waals surface area contributed by atoms with E-state index in [4.69, 9.17) is 0 Å². The van der Waals surface area contributed by atoms with Gasteiger partial charge >= 0.3 is 0 Å². The molecular weight excluding hydrogens is 345 g/mol. The van der Waals surface area contributed by atoms with Gasteiger partial charge in [0.05, 0.1) is 5.69 Å². The highest BCUT2D eigenvalue weighted by atomic mass is 19.1. The van der Waals surface area contributed by atoms with Gasteiger partial charge in [0.1, 0.15) is 11.6 Å². The van der Waals surface area contributed by atoms with Gasteiger partial charge in [0.2, 0.25) is 0 Å². The molecule has 4 rings (SSSR count). The normalized spacial score (nSPS) is 14.4. The molecule has 3 heterocycles. The Morgan fingerprint density at radius 3 is 2.44 bits per heavy atom. The van der Waals surface area contributed by atoms with Crippen molar-refractivity contribution in [1.82, 2.24) is 19.7 Å². The number of carbonyl (C=O) groups is 1. The predicted molar refractivity (Wildman–Crippen MR) is 101 cm³/mol. The second-order valence-corrected chi connectivity index (χ2v) is 6.53. The number of aryl methyl sites for hydroxylation is 1. The number of pyridine rings is 1. The smallest absolute Gasteiger partial charge is 0.274 e. The van der Waals surface area contributed by atoms with E-state index in [-0.39, 0.29) is 11.7 Å². The molecule has 0 unspecified atom stereocenters. The number of hydrogen-bond acceptors (Lipinski definition) is 4. The molecule has 27 heavy (non-hydrogen) atoms. The van der Waals surface area contributed by atoms with Crippen LogP contribution in [0.5, 0.6) is 0 Å². The van der Waals surface area contributed by atoms with Crippen LogP contribution < -0.4 is 4.90 Å². The van der Waals surface area contributed by atoms with Crippen molar-refractivity contribution in [2.45, 2.75) is 6.92 Å². The molecule has 3 aromatic rings. The van der Waals surface area contributed by atoms with Crippen LogP contribution >= 0.6 is 0 Å². The fourth-order valence-electron chi connectivity index (χ4n) is 3.26. The zero-order valence-electron chi connectivity index (χ0n) is 15.0. The quantitative estimate of drug-likeness (QED) is 0.716. The van der Waals surface area contributed by atoms with Crippen molar-refractivity contribution >= 4 is 11.7 Å². The zero-order chi connectivity index (χ0) is 18.8. The lowest BCUT2D eigenvalue weighted by atomic mass is 10.2. The van der Waals surface area contributed by atoms with Crippen LogP contribution in [-0.2, 0) is 0 Å². The van der Waals surface area contributed by atoms with Crippen molar-refractivity contribution in [3.63, 3.8) is 0 Å². The Morgan fingerprint density at radius 1 is 1.04 bits per heavy atom. The van der Waals surface area contributed by atoms with Gasteiger partial charge in [-0.1, -0.05) is 6.07 Å². The van der Waals surface area contributed by atoms with Crippen LogP contribution in [0.2, 0.25) is 0 Å². The Kier molecular flexibility index (Phi) is 4.58. The highest BCUT2D eigenvalue weighted by Gasteiger charge is 2.25. The monoisotopic (exact) mass is 365 g/mol. The van der Waals surface area contributed by atoms with Crippen LogP contribution in [-0.4, -0.2) is 51.8 Å². The van der Waals surface area contributed by atoms with E-state index in [1.165, 1.54) is 12.1 Å². The van der Waals surface area contributed by atoms with E-state index in [0.29, 0.717) is 18.8 Å². The van der Waals surface area contributed by atoms with Gasteiger partial charge in [-0.3, -0.25) is 4.79 Å². The molecule has 1 aliphatic rings. The Balaban J connectivity index is 1.46.